The van der Waals surface area contributed by atoms with E-state index in [-0.39, 0.29) is 60.9 Å². The molecule has 3 amide bonds. The fourth-order valence-electron chi connectivity index (χ4n) is 6.29. The fourth-order valence-corrected chi connectivity index (χ4v) is 6.29. The third-order valence-electron chi connectivity index (χ3n) is 9.14. The molecule has 8 heteroatoms. The zero-order chi connectivity index (χ0) is 30.4. The summed E-state index contributed by atoms with van der Waals surface area (Å²) >= 11 is 0. The van der Waals surface area contributed by atoms with Crippen LogP contribution in [0, 0.1) is 11.8 Å². The Morgan fingerprint density at radius 3 is 2.36 bits per heavy atom. The van der Waals surface area contributed by atoms with Crippen LogP contribution in [0.25, 0.3) is 0 Å². The van der Waals surface area contributed by atoms with Gasteiger partial charge in [0.2, 0.25) is 5.91 Å². The molecule has 0 saturated carbocycles. The Hall–Kier alpha value is -3.52. The standard InChI is InChI=1S/C34H46N4O4/c1-23(2)29(21-31(39)24(3)35-4)33(41)38-19-18-37(34(42)36(5)27-15-7-6-8-16-27)22-30(38)32(40)20-26-14-11-13-25-12-9-10-17-28(25)26/h6-10,12,15-17,23-24,26,29-30,35H,11,13-14,18-22H2,1-5H3/t24-,26-,29-,30-/m0/s1. The van der Waals surface area contributed by atoms with Crippen LogP contribution in [-0.4, -0.2) is 79.1 Å². The Labute approximate surface area is 250 Å². The molecule has 1 saturated heterocycles. The number of carbonyl (C=O) groups excluding carboxylic acids is 4. The summed E-state index contributed by atoms with van der Waals surface area (Å²) in [4.78, 5) is 59.6. The van der Waals surface area contributed by atoms with Crippen molar-refractivity contribution in [1.82, 2.24) is 15.1 Å². The number of hydrogen-bond donors (Lipinski definition) is 1. The van der Waals surface area contributed by atoms with Gasteiger partial charge in [-0.15, -0.1) is 0 Å². The van der Waals surface area contributed by atoms with E-state index < -0.39 is 12.0 Å². The minimum Gasteiger partial charge on any atom is -0.329 e. The molecule has 0 unspecified atom stereocenters. The molecule has 0 aromatic heterocycles. The predicted molar refractivity (Wildman–Crippen MR) is 166 cm³/mol. The van der Waals surface area contributed by atoms with Crippen molar-refractivity contribution >= 4 is 29.2 Å². The number of rotatable bonds is 10. The summed E-state index contributed by atoms with van der Waals surface area (Å²) in [5.41, 5.74) is 3.27. The van der Waals surface area contributed by atoms with E-state index in [0.717, 1.165) is 24.9 Å². The maximum absolute atomic E-state index is 14.1. The number of Topliss-reactive ketones (excluding diaryl/α,β-unsaturated/α-hetero) is 2. The minimum absolute atomic E-state index is 0.0236. The van der Waals surface area contributed by atoms with Gasteiger partial charge in [0.25, 0.3) is 0 Å². The van der Waals surface area contributed by atoms with Crippen molar-refractivity contribution < 1.29 is 19.2 Å². The number of carbonyl (C=O) groups is 4. The van der Waals surface area contributed by atoms with Gasteiger partial charge in [0.05, 0.1) is 12.6 Å². The van der Waals surface area contributed by atoms with Gasteiger partial charge in [0.15, 0.2) is 5.78 Å². The highest BCUT2D eigenvalue weighted by molar-refractivity contribution is 5.95. The normalized spacial score (nSPS) is 20.0. The van der Waals surface area contributed by atoms with E-state index in [9.17, 15) is 19.2 Å². The number of hydrogen-bond acceptors (Lipinski definition) is 5. The van der Waals surface area contributed by atoms with Crippen LogP contribution in [0.1, 0.15) is 63.5 Å². The molecule has 8 nitrogen and oxygen atoms in total. The van der Waals surface area contributed by atoms with Crippen molar-refractivity contribution in [2.45, 2.75) is 70.9 Å². The smallest absolute Gasteiger partial charge is 0.324 e. The number of fused-ring (bicyclic) bond motifs is 1. The SMILES string of the molecule is CN[C@@H](C)C(=O)C[C@H](C(=O)N1CCN(C(=O)N(C)c2ccccc2)C[C@H]1C(=O)C[C@@H]1CCCc2ccccc21)C(C)C. The first kappa shape index (κ1) is 31.4. The summed E-state index contributed by atoms with van der Waals surface area (Å²) in [5, 5.41) is 2.97. The van der Waals surface area contributed by atoms with E-state index in [4.69, 9.17) is 0 Å². The van der Waals surface area contributed by atoms with Gasteiger partial charge in [-0.25, -0.2) is 4.79 Å². The molecular weight excluding hydrogens is 528 g/mol. The highest BCUT2D eigenvalue weighted by Gasteiger charge is 2.41. The number of nitrogens with one attached hydrogen (secondary N) is 1. The Morgan fingerprint density at radius 2 is 1.67 bits per heavy atom. The summed E-state index contributed by atoms with van der Waals surface area (Å²) in [5.74, 6) is -0.737. The average molecular weight is 575 g/mol. The van der Waals surface area contributed by atoms with Gasteiger partial charge in [0, 0.05) is 44.6 Å². The number of benzene rings is 2. The lowest BCUT2D eigenvalue weighted by molar-refractivity contribution is -0.148. The molecule has 1 fully saturated rings. The molecule has 226 valence electrons. The van der Waals surface area contributed by atoms with Crippen molar-refractivity contribution in [3.8, 4) is 0 Å². The topological polar surface area (TPSA) is 90.0 Å². The molecule has 1 heterocycles. The number of piperazine rings is 1. The number of amides is 3. The first-order valence-corrected chi connectivity index (χ1v) is 15.3. The zero-order valence-corrected chi connectivity index (χ0v) is 25.7. The first-order valence-electron chi connectivity index (χ1n) is 15.3. The zero-order valence-electron chi connectivity index (χ0n) is 25.7. The molecule has 0 radical (unpaired) electrons. The molecule has 1 aliphatic carbocycles. The van der Waals surface area contributed by atoms with Crippen LogP contribution in [0.15, 0.2) is 54.6 Å². The fraction of sp³-hybridized carbons (Fsp3) is 0.529. The van der Waals surface area contributed by atoms with Gasteiger partial charge >= 0.3 is 6.03 Å². The third kappa shape index (κ3) is 7.09. The molecular formula is C34H46N4O4. The van der Waals surface area contributed by atoms with Crippen molar-refractivity contribution in [3.05, 3.63) is 65.7 Å². The predicted octanol–water partition coefficient (Wildman–Crippen LogP) is 4.67. The number of para-hydroxylation sites is 1. The van der Waals surface area contributed by atoms with Gasteiger partial charge < -0.3 is 15.1 Å². The molecule has 42 heavy (non-hydrogen) atoms. The second-order valence-electron chi connectivity index (χ2n) is 12.2. The van der Waals surface area contributed by atoms with Gasteiger partial charge in [0.1, 0.15) is 11.8 Å². The number of likely N-dealkylation sites (N-methyl/N-ethyl adjacent to an activating group) is 1. The van der Waals surface area contributed by atoms with E-state index in [1.54, 1.807) is 35.7 Å². The van der Waals surface area contributed by atoms with Gasteiger partial charge in [-0.2, -0.15) is 0 Å². The second-order valence-corrected chi connectivity index (χ2v) is 12.2. The number of nitrogens with zero attached hydrogens (tertiary/aromatic N) is 3. The monoisotopic (exact) mass is 574 g/mol. The Kier molecular flexibility index (Phi) is 10.5. The van der Waals surface area contributed by atoms with Crippen LogP contribution in [0.5, 0.6) is 0 Å². The molecule has 4 atom stereocenters. The van der Waals surface area contributed by atoms with E-state index in [2.05, 4.69) is 17.4 Å². The molecule has 2 aliphatic rings. The Bertz CT molecular complexity index is 1260. The van der Waals surface area contributed by atoms with Crippen LogP contribution in [-0.2, 0) is 20.8 Å². The number of aryl methyl sites for hydroxylation is 1. The average Bonchev–Trinajstić information content (AvgIpc) is 3.02. The summed E-state index contributed by atoms with van der Waals surface area (Å²) in [6, 6.07) is 16.4. The largest absolute Gasteiger partial charge is 0.329 e. The van der Waals surface area contributed by atoms with E-state index in [1.165, 1.54) is 11.1 Å². The number of anilines is 1. The Balaban J connectivity index is 1.59. The van der Waals surface area contributed by atoms with Gasteiger partial charge in [-0.1, -0.05) is 56.3 Å². The van der Waals surface area contributed by atoms with E-state index >= 15 is 0 Å². The van der Waals surface area contributed by atoms with Crippen molar-refractivity contribution in [3.63, 3.8) is 0 Å². The highest BCUT2D eigenvalue weighted by Crippen LogP contribution is 2.35. The molecule has 2 aromatic rings. The third-order valence-corrected chi connectivity index (χ3v) is 9.14. The second kappa shape index (κ2) is 14.1. The lowest BCUT2D eigenvalue weighted by Crippen LogP contribution is -2.62. The first-order chi connectivity index (χ1) is 20.1. The van der Waals surface area contributed by atoms with E-state index in [0.29, 0.717) is 13.0 Å². The van der Waals surface area contributed by atoms with Crippen molar-refractivity contribution in [2.24, 2.45) is 11.8 Å². The van der Waals surface area contributed by atoms with Crippen LogP contribution in [0.3, 0.4) is 0 Å². The van der Waals surface area contributed by atoms with Crippen molar-refractivity contribution in [1.29, 1.82) is 0 Å². The lowest BCUT2D eigenvalue weighted by Gasteiger charge is -2.43. The lowest BCUT2D eigenvalue weighted by atomic mass is 9.79. The molecule has 1 aliphatic heterocycles. The van der Waals surface area contributed by atoms with Crippen LogP contribution in [0.4, 0.5) is 10.5 Å². The number of urea groups is 1. The van der Waals surface area contributed by atoms with Crippen LogP contribution < -0.4 is 10.2 Å². The van der Waals surface area contributed by atoms with Crippen molar-refractivity contribution in [2.75, 3.05) is 38.6 Å². The Morgan fingerprint density at radius 1 is 0.976 bits per heavy atom. The molecule has 0 spiro atoms. The van der Waals surface area contributed by atoms with Crippen LogP contribution in [0.2, 0.25) is 0 Å². The molecule has 4 rings (SSSR count). The van der Waals surface area contributed by atoms with Crippen LogP contribution >= 0.6 is 0 Å². The molecule has 1 N–H and O–H groups in total. The summed E-state index contributed by atoms with van der Waals surface area (Å²) in [7, 11) is 3.46. The molecule has 0 bridgehead atoms. The van der Waals surface area contributed by atoms with Gasteiger partial charge in [-0.05, 0) is 68.3 Å². The maximum atomic E-state index is 14.1. The van der Waals surface area contributed by atoms with Gasteiger partial charge in [-0.3, -0.25) is 19.3 Å². The number of ketones is 2. The molecule has 2 aromatic carbocycles. The van der Waals surface area contributed by atoms with E-state index in [1.807, 2.05) is 56.3 Å². The summed E-state index contributed by atoms with van der Waals surface area (Å²) in [6.45, 7) is 6.41. The quantitative estimate of drug-likeness (QED) is 0.445. The summed E-state index contributed by atoms with van der Waals surface area (Å²) in [6.07, 6.45) is 3.40. The highest BCUT2D eigenvalue weighted by atomic mass is 16.2. The minimum atomic E-state index is -0.758. The maximum Gasteiger partial charge on any atom is 0.324 e. The summed E-state index contributed by atoms with van der Waals surface area (Å²) < 4.78 is 0.